The van der Waals surface area contributed by atoms with Crippen LogP contribution >= 0.6 is 0 Å². The summed E-state index contributed by atoms with van der Waals surface area (Å²) in [5.41, 5.74) is 0.143. The van der Waals surface area contributed by atoms with Gasteiger partial charge in [0.25, 0.3) is 0 Å². The molecule has 0 spiro atoms. The van der Waals surface area contributed by atoms with Crippen LogP contribution in [0.2, 0.25) is 0 Å². The summed E-state index contributed by atoms with van der Waals surface area (Å²) in [6.45, 7) is 6.52. The van der Waals surface area contributed by atoms with Crippen molar-refractivity contribution in [1.82, 2.24) is 0 Å². The third-order valence-electron chi connectivity index (χ3n) is 4.17. The van der Waals surface area contributed by atoms with Crippen molar-refractivity contribution in [3.05, 3.63) is 30.2 Å². The zero-order chi connectivity index (χ0) is 14.8. The number of ketones is 2. The van der Waals surface area contributed by atoms with Gasteiger partial charge in [0.2, 0.25) is 0 Å². The summed E-state index contributed by atoms with van der Waals surface area (Å²) in [6, 6.07) is 3.55. The summed E-state index contributed by atoms with van der Waals surface area (Å²) in [7, 11) is 0. The Kier molecular flexibility index (Phi) is 4.26. The van der Waals surface area contributed by atoms with Crippen molar-refractivity contribution in [2.24, 2.45) is 17.3 Å². The van der Waals surface area contributed by atoms with E-state index in [9.17, 15) is 9.59 Å². The van der Waals surface area contributed by atoms with Crippen LogP contribution in [-0.2, 0) is 9.59 Å². The molecular weight excluding hydrogens is 252 g/mol. The third-order valence-corrected chi connectivity index (χ3v) is 4.17. The molecule has 3 nitrogen and oxygen atoms in total. The van der Waals surface area contributed by atoms with E-state index in [2.05, 4.69) is 20.8 Å². The number of rotatable bonds is 3. The quantitative estimate of drug-likeness (QED) is 0.620. The molecule has 1 aliphatic carbocycles. The predicted octanol–water partition coefficient (Wildman–Crippen LogP) is 3.89. The lowest BCUT2D eigenvalue weighted by Crippen LogP contribution is -2.35. The highest BCUT2D eigenvalue weighted by Gasteiger charge is 2.37. The number of carbonyl (C=O) groups excluding carboxylic acids is 2. The van der Waals surface area contributed by atoms with Gasteiger partial charge in [-0.25, -0.2) is 0 Å². The van der Waals surface area contributed by atoms with Gasteiger partial charge in [-0.1, -0.05) is 20.8 Å². The van der Waals surface area contributed by atoms with Crippen LogP contribution in [0.25, 0.3) is 6.08 Å². The first-order valence-corrected chi connectivity index (χ1v) is 7.16. The molecule has 2 atom stereocenters. The molecule has 0 aromatic carbocycles. The summed E-state index contributed by atoms with van der Waals surface area (Å²) in [6.07, 6.45) is 6.76. The van der Waals surface area contributed by atoms with Gasteiger partial charge in [-0.3, -0.25) is 9.59 Å². The minimum absolute atomic E-state index is 0.0830. The molecule has 1 aromatic heterocycles. The standard InChI is InChI=1S/C17H22O3/c1-17(2,3)12-6-8-15(18)14(11-12)16(19)9-7-13-5-4-10-20-13/h4-5,7,9-10,12,14H,6,8,11H2,1-3H3/b9-7+. The van der Waals surface area contributed by atoms with Crippen molar-refractivity contribution >= 4 is 17.6 Å². The molecule has 1 saturated carbocycles. The molecule has 0 N–H and O–H groups in total. The molecule has 0 amide bonds. The fourth-order valence-electron chi connectivity index (χ4n) is 2.75. The van der Waals surface area contributed by atoms with Crippen LogP contribution in [0, 0.1) is 17.3 Å². The number of allylic oxidation sites excluding steroid dienone is 1. The van der Waals surface area contributed by atoms with Gasteiger partial charge in [-0.05, 0) is 48.5 Å². The van der Waals surface area contributed by atoms with E-state index in [-0.39, 0.29) is 17.0 Å². The normalized spacial score (nSPS) is 24.2. The van der Waals surface area contributed by atoms with Gasteiger partial charge in [-0.15, -0.1) is 0 Å². The summed E-state index contributed by atoms with van der Waals surface area (Å²) in [5.74, 6) is 0.569. The van der Waals surface area contributed by atoms with Crippen molar-refractivity contribution in [1.29, 1.82) is 0 Å². The van der Waals surface area contributed by atoms with Crippen LogP contribution in [0.3, 0.4) is 0 Å². The Bertz CT molecular complexity index is 503. The number of hydrogen-bond acceptors (Lipinski definition) is 3. The molecule has 1 aliphatic rings. The second-order valence-corrected chi connectivity index (χ2v) is 6.61. The molecular formula is C17H22O3. The molecule has 2 unspecified atom stereocenters. The minimum Gasteiger partial charge on any atom is -0.465 e. The lowest BCUT2D eigenvalue weighted by molar-refractivity contribution is -0.133. The maximum atomic E-state index is 12.2. The molecule has 0 saturated heterocycles. The van der Waals surface area contributed by atoms with Crippen molar-refractivity contribution in [3.8, 4) is 0 Å². The molecule has 0 aliphatic heterocycles. The van der Waals surface area contributed by atoms with Gasteiger partial charge in [0.15, 0.2) is 5.78 Å². The van der Waals surface area contributed by atoms with Crippen molar-refractivity contribution < 1.29 is 14.0 Å². The molecule has 0 bridgehead atoms. The van der Waals surface area contributed by atoms with Gasteiger partial charge < -0.3 is 4.42 Å². The number of Topliss-reactive ketones (excluding diaryl/α,β-unsaturated/α-hetero) is 1. The average molecular weight is 274 g/mol. The fraction of sp³-hybridized carbons (Fsp3) is 0.529. The maximum Gasteiger partial charge on any atom is 0.166 e. The Labute approximate surface area is 120 Å². The topological polar surface area (TPSA) is 47.3 Å². The highest BCUT2D eigenvalue weighted by atomic mass is 16.3. The van der Waals surface area contributed by atoms with Crippen LogP contribution in [0.4, 0.5) is 0 Å². The van der Waals surface area contributed by atoms with E-state index in [1.807, 2.05) is 0 Å². The summed E-state index contributed by atoms with van der Waals surface area (Å²) in [4.78, 5) is 24.2. The Hall–Kier alpha value is -1.64. The average Bonchev–Trinajstić information content (AvgIpc) is 2.88. The molecule has 0 radical (unpaired) electrons. The molecule has 1 heterocycles. The van der Waals surface area contributed by atoms with Crippen LogP contribution in [-0.4, -0.2) is 11.6 Å². The summed E-state index contributed by atoms with van der Waals surface area (Å²) >= 11 is 0. The first-order chi connectivity index (χ1) is 9.38. The van der Waals surface area contributed by atoms with Crippen LogP contribution < -0.4 is 0 Å². The summed E-state index contributed by atoms with van der Waals surface area (Å²) < 4.78 is 5.15. The first-order valence-electron chi connectivity index (χ1n) is 7.16. The fourth-order valence-corrected chi connectivity index (χ4v) is 2.75. The lowest BCUT2D eigenvalue weighted by Gasteiger charge is -2.36. The minimum atomic E-state index is -0.473. The molecule has 1 fully saturated rings. The van der Waals surface area contributed by atoms with Crippen LogP contribution in [0.15, 0.2) is 28.9 Å². The monoisotopic (exact) mass is 274 g/mol. The largest absolute Gasteiger partial charge is 0.465 e. The predicted molar refractivity (Wildman–Crippen MR) is 78.0 cm³/mol. The smallest absolute Gasteiger partial charge is 0.166 e. The van der Waals surface area contributed by atoms with E-state index in [0.29, 0.717) is 24.5 Å². The Morgan fingerprint density at radius 2 is 2.15 bits per heavy atom. The number of hydrogen-bond donors (Lipinski definition) is 0. The lowest BCUT2D eigenvalue weighted by atomic mass is 9.68. The first kappa shape index (κ1) is 14.8. The zero-order valence-corrected chi connectivity index (χ0v) is 12.4. The Morgan fingerprint density at radius 1 is 1.40 bits per heavy atom. The number of carbonyl (C=O) groups is 2. The highest BCUT2D eigenvalue weighted by Crippen LogP contribution is 2.39. The maximum absolute atomic E-state index is 12.2. The van der Waals surface area contributed by atoms with Gasteiger partial charge in [-0.2, -0.15) is 0 Å². The SMILES string of the molecule is CC(C)(C)C1CCC(=O)C(C(=O)/C=C/c2ccco2)C1. The van der Waals surface area contributed by atoms with Crippen LogP contribution in [0.1, 0.15) is 45.8 Å². The van der Waals surface area contributed by atoms with E-state index < -0.39 is 5.92 Å². The molecule has 2 rings (SSSR count). The zero-order valence-electron chi connectivity index (χ0n) is 12.4. The Balaban J connectivity index is 2.05. The van der Waals surface area contributed by atoms with Gasteiger partial charge in [0.05, 0.1) is 12.2 Å². The summed E-state index contributed by atoms with van der Waals surface area (Å²) in [5, 5.41) is 0. The van der Waals surface area contributed by atoms with Crippen molar-refractivity contribution in [3.63, 3.8) is 0 Å². The Morgan fingerprint density at radius 3 is 2.75 bits per heavy atom. The van der Waals surface area contributed by atoms with E-state index in [1.165, 1.54) is 6.08 Å². The van der Waals surface area contributed by atoms with E-state index in [1.54, 1.807) is 24.5 Å². The molecule has 108 valence electrons. The van der Waals surface area contributed by atoms with Crippen LogP contribution in [0.5, 0.6) is 0 Å². The third kappa shape index (κ3) is 3.47. The molecule has 20 heavy (non-hydrogen) atoms. The van der Waals surface area contributed by atoms with Gasteiger partial charge >= 0.3 is 0 Å². The van der Waals surface area contributed by atoms with E-state index >= 15 is 0 Å². The van der Waals surface area contributed by atoms with Gasteiger partial charge in [0, 0.05) is 6.42 Å². The molecule has 3 heteroatoms. The van der Waals surface area contributed by atoms with Gasteiger partial charge in [0.1, 0.15) is 11.5 Å². The second kappa shape index (κ2) is 5.78. The second-order valence-electron chi connectivity index (χ2n) is 6.61. The van der Waals surface area contributed by atoms with Crippen molar-refractivity contribution in [2.75, 3.05) is 0 Å². The van der Waals surface area contributed by atoms with E-state index in [0.717, 1.165) is 6.42 Å². The number of furan rings is 1. The highest BCUT2D eigenvalue weighted by molar-refractivity contribution is 6.09. The molecule has 1 aromatic rings. The van der Waals surface area contributed by atoms with E-state index in [4.69, 9.17) is 4.42 Å². The van der Waals surface area contributed by atoms with Crippen molar-refractivity contribution in [2.45, 2.75) is 40.0 Å².